The van der Waals surface area contributed by atoms with Crippen LogP contribution in [0, 0.1) is 0 Å². The molecule has 0 fully saturated rings. The highest BCUT2D eigenvalue weighted by molar-refractivity contribution is 9.10. The summed E-state index contributed by atoms with van der Waals surface area (Å²) >= 11 is 10.9. The van der Waals surface area contributed by atoms with Gasteiger partial charge in [-0.1, -0.05) is 63.1 Å². The van der Waals surface area contributed by atoms with Crippen molar-refractivity contribution in [1.29, 1.82) is 0 Å². The lowest BCUT2D eigenvalue weighted by Crippen LogP contribution is -1.91. The van der Waals surface area contributed by atoms with Gasteiger partial charge < -0.3 is 0 Å². The first-order valence-corrected chi connectivity index (χ1v) is 9.96. The number of H-pyrrole nitrogens is 1. The van der Waals surface area contributed by atoms with Gasteiger partial charge in [-0.2, -0.15) is 14.7 Å². The summed E-state index contributed by atoms with van der Waals surface area (Å²) < 4.78 is 2.77. The van der Waals surface area contributed by atoms with Crippen molar-refractivity contribution < 1.29 is 0 Å². The highest BCUT2D eigenvalue weighted by Gasteiger charge is 2.16. The van der Waals surface area contributed by atoms with Crippen molar-refractivity contribution >= 4 is 43.8 Å². The number of benzene rings is 2. The molecule has 0 atom stereocenters. The maximum absolute atomic E-state index is 5.95. The first-order chi connectivity index (χ1) is 13.2. The van der Waals surface area contributed by atoms with E-state index in [1.165, 1.54) is 11.3 Å². The third-order valence-electron chi connectivity index (χ3n) is 4.04. The number of halogens is 2. The fourth-order valence-corrected chi connectivity index (χ4v) is 3.93. The quantitative estimate of drug-likeness (QED) is 0.398. The predicted octanol–water partition coefficient (Wildman–Crippen LogP) is 5.33. The van der Waals surface area contributed by atoms with Crippen LogP contribution in [0.4, 0.5) is 0 Å². The van der Waals surface area contributed by atoms with Gasteiger partial charge >= 0.3 is 0 Å². The molecule has 0 aliphatic rings. The van der Waals surface area contributed by atoms with Crippen molar-refractivity contribution in [1.82, 2.24) is 30.0 Å². The molecule has 0 radical (unpaired) electrons. The molecule has 0 unspecified atom stereocenters. The van der Waals surface area contributed by atoms with Crippen molar-refractivity contribution in [2.45, 2.75) is 0 Å². The minimum atomic E-state index is 0.623. The number of hydrogen-bond acceptors (Lipinski definition) is 5. The second kappa shape index (κ2) is 6.56. The van der Waals surface area contributed by atoms with E-state index in [2.05, 4.69) is 41.4 Å². The smallest absolute Gasteiger partial charge is 0.235 e. The molecule has 0 aliphatic heterocycles. The molecule has 0 spiro atoms. The number of rotatable bonds is 3. The summed E-state index contributed by atoms with van der Waals surface area (Å²) in [6.45, 7) is 0. The summed E-state index contributed by atoms with van der Waals surface area (Å²) in [6, 6.07) is 17.5. The Morgan fingerprint density at radius 3 is 2.48 bits per heavy atom. The number of fused-ring (bicyclic) bond motifs is 1. The zero-order valence-corrected chi connectivity index (χ0v) is 16.8. The molecule has 5 aromatic rings. The monoisotopic (exact) mass is 456 g/mol. The lowest BCUT2D eigenvalue weighted by molar-refractivity contribution is 0.954. The Morgan fingerprint density at radius 2 is 1.70 bits per heavy atom. The third-order valence-corrected chi connectivity index (χ3v) is 5.77. The summed E-state index contributed by atoms with van der Waals surface area (Å²) in [5.41, 5.74) is 3.56. The van der Waals surface area contributed by atoms with Crippen molar-refractivity contribution in [3.63, 3.8) is 0 Å². The van der Waals surface area contributed by atoms with Crippen LogP contribution in [0.25, 0.3) is 38.3 Å². The van der Waals surface area contributed by atoms with E-state index in [0.717, 1.165) is 37.0 Å². The minimum Gasteiger partial charge on any atom is -0.274 e. The molecule has 0 saturated heterocycles. The molecular weight excluding hydrogens is 448 g/mol. The van der Waals surface area contributed by atoms with E-state index >= 15 is 0 Å². The lowest BCUT2D eigenvalue weighted by atomic mass is 10.1. The number of nitrogens with zero attached hydrogens (tertiary/aromatic N) is 5. The van der Waals surface area contributed by atoms with Gasteiger partial charge in [0.2, 0.25) is 10.8 Å². The van der Waals surface area contributed by atoms with Crippen molar-refractivity contribution in [3.8, 4) is 33.3 Å². The van der Waals surface area contributed by atoms with Crippen LogP contribution >= 0.6 is 38.9 Å². The first-order valence-electron chi connectivity index (χ1n) is 7.97. The van der Waals surface area contributed by atoms with Crippen LogP contribution in [0.1, 0.15) is 0 Å². The average Bonchev–Trinajstić information content (AvgIpc) is 3.38. The summed E-state index contributed by atoms with van der Waals surface area (Å²) in [7, 11) is 0. The Hall–Kier alpha value is -2.55. The van der Waals surface area contributed by atoms with Crippen LogP contribution in [-0.4, -0.2) is 30.0 Å². The zero-order valence-electron chi connectivity index (χ0n) is 13.6. The van der Waals surface area contributed by atoms with E-state index < -0.39 is 0 Å². The second-order valence-electron chi connectivity index (χ2n) is 5.81. The van der Waals surface area contributed by atoms with Gasteiger partial charge in [0.05, 0.1) is 5.69 Å². The summed E-state index contributed by atoms with van der Waals surface area (Å²) in [4.78, 5) is 0.727. The number of aromatic amines is 1. The Kier molecular flexibility index (Phi) is 4.04. The van der Waals surface area contributed by atoms with Gasteiger partial charge in [0.25, 0.3) is 0 Å². The Bertz CT molecular complexity index is 1240. The van der Waals surface area contributed by atoms with Gasteiger partial charge in [-0.15, -0.1) is 10.2 Å². The molecule has 6 nitrogen and oxygen atoms in total. The number of nitrogens with one attached hydrogen (secondary N) is 1. The first kappa shape index (κ1) is 16.6. The van der Waals surface area contributed by atoms with Gasteiger partial charge in [-0.25, -0.2) is 0 Å². The van der Waals surface area contributed by atoms with Crippen LogP contribution < -0.4 is 0 Å². The van der Waals surface area contributed by atoms with Crippen LogP contribution in [0.3, 0.4) is 0 Å². The topological polar surface area (TPSA) is 71.8 Å². The van der Waals surface area contributed by atoms with Crippen molar-refractivity contribution in [2.75, 3.05) is 0 Å². The zero-order chi connectivity index (χ0) is 18.4. The van der Waals surface area contributed by atoms with Gasteiger partial charge in [-0.3, -0.25) is 5.10 Å². The van der Waals surface area contributed by atoms with Gasteiger partial charge in [0.15, 0.2) is 0 Å². The summed E-state index contributed by atoms with van der Waals surface area (Å²) in [5, 5.41) is 22.1. The van der Waals surface area contributed by atoms with E-state index in [4.69, 9.17) is 11.6 Å². The molecule has 0 aliphatic carbocycles. The molecule has 5 rings (SSSR count). The van der Waals surface area contributed by atoms with E-state index in [9.17, 15) is 0 Å². The predicted molar refractivity (Wildman–Crippen MR) is 110 cm³/mol. The van der Waals surface area contributed by atoms with E-state index in [1.807, 2.05) is 54.6 Å². The maximum Gasteiger partial charge on any atom is 0.235 e. The molecule has 3 heterocycles. The molecule has 0 bridgehead atoms. The SMILES string of the molecule is Clc1ccc(-c2cc(-c3nnc4sc(-c5ccc(Br)cc5)nn34)[nH]n2)cc1. The Labute approximate surface area is 171 Å². The fraction of sp³-hybridized carbons (Fsp3) is 0. The average molecular weight is 458 g/mol. The summed E-state index contributed by atoms with van der Waals surface area (Å²) in [5.74, 6) is 0.623. The molecule has 9 heteroatoms. The normalized spacial score (nSPS) is 11.3. The molecule has 132 valence electrons. The molecule has 3 aromatic heterocycles. The van der Waals surface area contributed by atoms with Crippen molar-refractivity contribution in [3.05, 3.63) is 64.1 Å². The number of hydrogen-bond donors (Lipinski definition) is 1. The van der Waals surface area contributed by atoms with Gasteiger partial charge in [0.1, 0.15) is 10.7 Å². The lowest BCUT2D eigenvalue weighted by Gasteiger charge is -1.95. The van der Waals surface area contributed by atoms with Crippen LogP contribution in [0.15, 0.2) is 59.1 Å². The largest absolute Gasteiger partial charge is 0.274 e. The van der Waals surface area contributed by atoms with Crippen molar-refractivity contribution in [2.24, 2.45) is 0 Å². The highest BCUT2D eigenvalue weighted by Crippen LogP contribution is 2.29. The second-order valence-corrected chi connectivity index (χ2v) is 8.11. The molecule has 0 saturated carbocycles. The van der Waals surface area contributed by atoms with Crippen LogP contribution in [0.5, 0.6) is 0 Å². The molecule has 1 N–H and O–H groups in total. The molecular formula is C18H10BrClN6S. The molecule has 27 heavy (non-hydrogen) atoms. The van der Waals surface area contributed by atoms with Gasteiger partial charge in [0, 0.05) is 20.6 Å². The Morgan fingerprint density at radius 1 is 0.963 bits per heavy atom. The van der Waals surface area contributed by atoms with E-state index in [1.54, 1.807) is 4.52 Å². The van der Waals surface area contributed by atoms with Crippen LogP contribution in [-0.2, 0) is 0 Å². The molecule has 0 amide bonds. The van der Waals surface area contributed by atoms with E-state index in [-0.39, 0.29) is 0 Å². The minimum absolute atomic E-state index is 0.623. The van der Waals surface area contributed by atoms with Crippen LogP contribution in [0.2, 0.25) is 5.02 Å². The highest BCUT2D eigenvalue weighted by atomic mass is 79.9. The standard InChI is InChI=1S/C18H10BrClN6S/c19-12-5-1-11(2-6-12)17-25-26-16(23-24-18(26)27-17)15-9-14(21-22-15)10-3-7-13(20)8-4-10/h1-9H,(H,21,22). The number of aromatic nitrogens is 6. The Balaban J connectivity index is 1.54. The molecule has 2 aromatic carbocycles. The fourth-order valence-electron chi connectivity index (χ4n) is 2.70. The maximum atomic E-state index is 5.95. The van der Waals surface area contributed by atoms with Gasteiger partial charge in [-0.05, 0) is 30.3 Å². The van der Waals surface area contributed by atoms with E-state index in [0.29, 0.717) is 10.8 Å². The third kappa shape index (κ3) is 3.05. The summed E-state index contributed by atoms with van der Waals surface area (Å²) in [6.07, 6.45) is 0.